The highest BCUT2D eigenvalue weighted by Crippen LogP contribution is 2.31. The lowest BCUT2D eigenvalue weighted by Crippen LogP contribution is -2.43. The van der Waals surface area contributed by atoms with Gasteiger partial charge in [-0.25, -0.2) is 4.68 Å². The van der Waals surface area contributed by atoms with Gasteiger partial charge in [0.1, 0.15) is 0 Å². The third-order valence-electron chi connectivity index (χ3n) is 5.02. The first-order valence-electron chi connectivity index (χ1n) is 9.05. The average molecular weight is 365 g/mol. The third-order valence-corrected chi connectivity index (χ3v) is 5.02. The highest BCUT2D eigenvalue weighted by atomic mass is 16.5. The standard InChI is InChI=1S/C20H23N5O2/c1-14-19(15(2)25(22-14)17-7-5-4-6-8-17)18-13-27-10-9-24(18)20(26)16-11-21-23(3)12-16/h4-8,11-12,18H,9-10,13H2,1-3H3. The fourth-order valence-electron chi connectivity index (χ4n) is 3.74. The van der Waals surface area contributed by atoms with Crippen LogP contribution in [0, 0.1) is 13.8 Å². The van der Waals surface area contributed by atoms with E-state index in [1.807, 2.05) is 60.8 Å². The molecule has 0 saturated carbocycles. The molecule has 1 saturated heterocycles. The molecule has 1 fully saturated rings. The molecule has 1 aliphatic rings. The Hall–Kier alpha value is -2.93. The normalized spacial score (nSPS) is 17.3. The Kier molecular flexibility index (Phi) is 4.53. The van der Waals surface area contributed by atoms with Crippen LogP contribution in [0.3, 0.4) is 0 Å². The molecule has 2 aromatic heterocycles. The smallest absolute Gasteiger partial charge is 0.257 e. The molecule has 0 bridgehead atoms. The van der Waals surface area contributed by atoms with Crippen molar-refractivity contribution in [3.05, 3.63) is 65.2 Å². The summed E-state index contributed by atoms with van der Waals surface area (Å²) in [6, 6.07) is 9.86. The van der Waals surface area contributed by atoms with E-state index in [4.69, 9.17) is 9.84 Å². The largest absolute Gasteiger partial charge is 0.377 e. The molecule has 1 atom stereocenters. The quantitative estimate of drug-likeness (QED) is 0.715. The van der Waals surface area contributed by atoms with E-state index in [0.717, 1.165) is 22.6 Å². The minimum atomic E-state index is -0.163. The number of aromatic nitrogens is 4. The van der Waals surface area contributed by atoms with Crippen molar-refractivity contribution in [3.8, 4) is 5.69 Å². The lowest BCUT2D eigenvalue weighted by molar-refractivity contribution is -0.00304. The summed E-state index contributed by atoms with van der Waals surface area (Å²) in [5, 5.41) is 8.86. The molecule has 1 unspecified atom stereocenters. The van der Waals surface area contributed by atoms with Crippen molar-refractivity contribution in [1.82, 2.24) is 24.5 Å². The molecule has 1 aromatic carbocycles. The van der Waals surface area contributed by atoms with Gasteiger partial charge in [-0.1, -0.05) is 18.2 Å². The van der Waals surface area contributed by atoms with Crippen LogP contribution >= 0.6 is 0 Å². The number of carbonyl (C=O) groups excluding carboxylic acids is 1. The second kappa shape index (κ2) is 7.00. The van der Waals surface area contributed by atoms with E-state index in [-0.39, 0.29) is 11.9 Å². The van der Waals surface area contributed by atoms with Crippen molar-refractivity contribution in [2.75, 3.05) is 19.8 Å². The highest BCUT2D eigenvalue weighted by molar-refractivity contribution is 5.94. The summed E-state index contributed by atoms with van der Waals surface area (Å²) in [5.41, 5.74) is 4.59. The number of para-hydroxylation sites is 1. The number of amides is 1. The van der Waals surface area contributed by atoms with Crippen molar-refractivity contribution in [3.63, 3.8) is 0 Å². The summed E-state index contributed by atoms with van der Waals surface area (Å²) < 4.78 is 9.31. The van der Waals surface area contributed by atoms with Crippen molar-refractivity contribution >= 4 is 5.91 Å². The van der Waals surface area contributed by atoms with Crippen molar-refractivity contribution in [2.45, 2.75) is 19.9 Å². The Balaban J connectivity index is 1.72. The van der Waals surface area contributed by atoms with Crippen LogP contribution in [0.25, 0.3) is 5.69 Å². The number of ether oxygens (including phenoxy) is 1. The van der Waals surface area contributed by atoms with Crippen molar-refractivity contribution in [1.29, 1.82) is 0 Å². The monoisotopic (exact) mass is 365 g/mol. The van der Waals surface area contributed by atoms with Gasteiger partial charge >= 0.3 is 0 Å². The van der Waals surface area contributed by atoms with Crippen molar-refractivity contribution in [2.24, 2.45) is 7.05 Å². The van der Waals surface area contributed by atoms with Crippen LogP contribution in [0.5, 0.6) is 0 Å². The molecule has 3 aromatic rings. The van der Waals surface area contributed by atoms with Gasteiger partial charge in [0, 0.05) is 31.0 Å². The van der Waals surface area contributed by atoms with Gasteiger partial charge in [0.2, 0.25) is 0 Å². The Labute approximate surface area is 158 Å². The number of rotatable bonds is 3. The number of hydrogen-bond donors (Lipinski definition) is 0. The van der Waals surface area contributed by atoms with E-state index in [1.165, 1.54) is 0 Å². The lowest BCUT2D eigenvalue weighted by atomic mass is 10.0. The van der Waals surface area contributed by atoms with E-state index in [1.54, 1.807) is 17.1 Å². The first-order chi connectivity index (χ1) is 13.1. The van der Waals surface area contributed by atoms with Gasteiger partial charge in [-0.3, -0.25) is 9.48 Å². The van der Waals surface area contributed by atoms with Gasteiger partial charge in [-0.2, -0.15) is 10.2 Å². The van der Waals surface area contributed by atoms with Gasteiger partial charge in [0.25, 0.3) is 5.91 Å². The average Bonchev–Trinajstić information content (AvgIpc) is 3.25. The number of hydrogen-bond acceptors (Lipinski definition) is 4. The Bertz CT molecular complexity index is 960. The molecule has 0 aliphatic carbocycles. The van der Waals surface area contributed by atoms with Crippen LogP contribution in [0.4, 0.5) is 0 Å². The molecule has 4 rings (SSSR count). The van der Waals surface area contributed by atoms with Crippen LogP contribution in [0.2, 0.25) is 0 Å². The summed E-state index contributed by atoms with van der Waals surface area (Å²) >= 11 is 0. The van der Waals surface area contributed by atoms with E-state index in [2.05, 4.69) is 5.10 Å². The maximum Gasteiger partial charge on any atom is 0.257 e. The lowest BCUT2D eigenvalue weighted by Gasteiger charge is -2.35. The van der Waals surface area contributed by atoms with E-state index < -0.39 is 0 Å². The van der Waals surface area contributed by atoms with Gasteiger partial charge in [0.05, 0.1) is 42.4 Å². The van der Waals surface area contributed by atoms with Crippen molar-refractivity contribution < 1.29 is 9.53 Å². The fraction of sp³-hybridized carbons (Fsp3) is 0.350. The summed E-state index contributed by atoms with van der Waals surface area (Å²) in [6.45, 7) is 5.59. The molecular formula is C20H23N5O2. The molecule has 1 aliphatic heterocycles. The van der Waals surface area contributed by atoms with Crippen LogP contribution in [0.1, 0.15) is 33.4 Å². The fourth-order valence-corrected chi connectivity index (χ4v) is 3.74. The molecule has 0 radical (unpaired) electrons. The first-order valence-corrected chi connectivity index (χ1v) is 9.05. The van der Waals surface area contributed by atoms with Crippen LogP contribution in [-0.4, -0.2) is 50.1 Å². The zero-order valence-corrected chi connectivity index (χ0v) is 15.8. The molecule has 27 heavy (non-hydrogen) atoms. The SMILES string of the molecule is Cc1nn(-c2ccccc2)c(C)c1C1COCCN1C(=O)c1cnn(C)c1. The van der Waals surface area contributed by atoms with Gasteiger partial charge in [-0.05, 0) is 26.0 Å². The van der Waals surface area contributed by atoms with Gasteiger partial charge in [0.15, 0.2) is 0 Å². The maximum absolute atomic E-state index is 13.1. The molecule has 1 amide bonds. The summed E-state index contributed by atoms with van der Waals surface area (Å²) in [6.07, 6.45) is 3.37. The molecule has 0 N–H and O–H groups in total. The predicted octanol–water partition coefficient (Wildman–Crippen LogP) is 2.44. The van der Waals surface area contributed by atoms with Crippen LogP contribution < -0.4 is 0 Å². The zero-order chi connectivity index (χ0) is 19.0. The van der Waals surface area contributed by atoms with E-state index in [9.17, 15) is 4.79 Å². The molecular weight excluding hydrogens is 342 g/mol. The van der Waals surface area contributed by atoms with Gasteiger partial charge in [-0.15, -0.1) is 0 Å². The second-order valence-electron chi connectivity index (χ2n) is 6.82. The summed E-state index contributed by atoms with van der Waals surface area (Å²) in [4.78, 5) is 15.0. The zero-order valence-electron chi connectivity index (χ0n) is 15.8. The summed E-state index contributed by atoms with van der Waals surface area (Å²) in [7, 11) is 1.81. The number of morpholine rings is 1. The number of aryl methyl sites for hydroxylation is 2. The Morgan fingerprint density at radius 2 is 2.00 bits per heavy atom. The number of benzene rings is 1. The van der Waals surface area contributed by atoms with Crippen LogP contribution in [0.15, 0.2) is 42.7 Å². The maximum atomic E-state index is 13.1. The molecule has 3 heterocycles. The molecule has 7 nitrogen and oxygen atoms in total. The topological polar surface area (TPSA) is 65.2 Å². The Morgan fingerprint density at radius 3 is 2.70 bits per heavy atom. The molecule has 7 heteroatoms. The van der Waals surface area contributed by atoms with E-state index >= 15 is 0 Å². The third kappa shape index (κ3) is 3.14. The number of nitrogens with zero attached hydrogens (tertiary/aromatic N) is 5. The van der Waals surface area contributed by atoms with E-state index in [0.29, 0.717) is 25.3 Å². The second-order valence-corrected chi connectivity index (χ2v) is 6.82. The van der Waals surface area contributed by atoms with Crippen LogP contribution in [-0.2, 0) is 11.8 Å². The Morgan fingerprint density at radius 1 is 1.22 bits per heavy atom. The van der Waals surface area contributed by atoms with Gasteiger partial charge < -0.3 is 9.64 Å². The molecule has 140 valence electrons. The minimum absolute atomic E-state index is 0.0253. The predicted molar refractivity (Wildman–Crippen MR) is 101 cm³/mol. The highest BCUT2D eigenvalue weighted by Gasteiger charge is 2.33. The number of carbonyl (C=O) groups is 1. The summed E-state index contributed by atoms with van der Waals surface area (Å²) in [5.74, 6) is -0.0253. The first kappa shape index (κ1) is 17.5. The minimum Gasteiger partial charge on any atom is -0.377 e. The molecule has 0 spiro atoms.